The Bertz CT molecular complexity index is 963. The van der Waals surface area contributed by atoms with Crippen LogP contribution in [-0.2, 0) is 27.5 Å². The van der Waals surface area contributed by atoms with Gasteiger partial charge in [0.1, 0.15) is 6.04 Å². The van der Waals surface area contributed by atoms with Gasteiger partial charge in [-0.3, -0.25) is 9.10 Å². The molecule has 0 aliphatic carbocycles. The average Bonchev–Trinajstić information content (AvgIpc) is 2.63. The maximum absolute atomic E-state index is 12.8. The molecule has 2 aromatic rings. The Hall–Kier alpha value is -2.26. The van der Waals surface area contributed by atoms with Gasteiger partial charge >= 0.3 is 6.18 Å². The lowest BCUT2D eigenvalue weighted by molar-refractivity contribution is -0.137. The number of halogens is 4. The number of carbonyl (C=O) groups is 1. The van der Waals surface area contributed by atoms with E-state index in [-0.39, 0.29) is 24.2 Å². The van der Waals surface area contributed by atoms with Crippen LogP contribution in [0.2, 0.25) is 5.02 Å². The first-order valence-electron chi connectivity index (χ1n) is 8.62. The second-order valence-electron chi connectivity index (χ2n) is 6.38. The molecule has 0 saturated heterocycles. The van der Waals surface area contributed by atoms with Crippen molar-refractivity contribution in [3.63, 3.8) is 0 Å². The monoisotopic (exact) mass is 448 g/mol. The van der Waals surface area contributed by atoms with Crippen molar-refractivity contribution in [2.75, 3.05) is 10.6 Å². The highest BCUT2D eigenvalue weighted by Gasteiger charge is 2.32. The Balaban J connectivity index is 2.23. The van der Waals surface area contributed by atoms with Crippen LogP contribution in [0.25, 0.3) is 0 Å². The third-order valence-corrected chi connectivity index (χ3v) is 5.56. The molecule has 1 unspecified atom stereocenters. The van der Waals surface area contributed by atoms with E-state index in [4.69, 9.17) is 11.6 Å². The number of rotatable bonds is 7. The largest absolute Gasteiger partial charge is 0.416 e. The number of carbonyl (C=O) groups excluding carboxylic acids is 1. The number of amides is 1. The summed E-state index contributed by atoms with van der Waals surface area (Å²) in [5, 5.41) is 2.93. The van der Waals surface area contributed by atoms with Gasteiger partial charge in [-0.25, -0.2) is 8.42 Å². The molecule has 0 bridgehead atoms. The molecular weight excluding hydrogens is 429 g/mol. The quantitative estimate of drug-likeness (QED) is 0.689. The van der Waals surface area contributed by atoms with Crippen LogP contribution >= 0.6 is 11.6 Å². The van der Waals surface area contributed by atoms with Gasteiger partial charge in [-0.05, 0) is 48.4 Å². The Kier molecular flexibility index (Phi) is 7.18. The average molecular weight is 449 g/mol. The normalized spacial score (nSPS) is 13.0. The van der Waals surface area contributed by atoms with E-state index in [1.54, 1.807) is 6.92 Å². The number of sulfonamides is 1. The van der Waals surface area contributed by atoms with Crippen molar-refractivity contribution in [2.45, 2.75) is 32.1 Å². The van der Waals surface area contributed by atoms with E-state index >= 15 is 0 Å². The summed E-state index contributed by atoms with van der Waals surface area (Å²) >= 11 is 5.84. The molecule has 0 fully saturated rings. The van der Waals surface area contributed by atoms with Gasteiger partial charge in [0.2, 0.25) is 15.9 Å². The number of anilines is 1. The van der Waals surface area contributed by atoms with Crippen LogP contribution in [0.5, 0.6) is 0 Å². The van der Waals surface area contributed by atoms with Crippen molar-refractivity contribution >= 4 is 33.2 Å². The second-order valence-corrected chi connectivity index (χ2v) is 8.67. The molecule has 0 heterocycles. The zero-order chi connectivity index (χ0) is 21.8. The molecule has 158 valence electrons. The summed E-state index contributed by atoms with van der Waals surface area (Å²) in [6.07, 6.45) is -3.36. The van der Waals surface area contributed by atoms with Gasteiger partial charge in [0.05, 0.1) is 17.5 Å². The highest BCUT2D eigenvalue weighted by molar-refractivity contribution is 7.92. The standard InChI is InChI=1S/C19H20ClF3N2O3S/c1-3-17(25(29(2,27)28)16-9-7-15(20)8-10-16)18(26)24-12-13-5-4-6-14(11-13)19(21,22)23/h4-11,17H,3,12H2,1-2H3,(H,24,26). The number of hydrogen-bond acceptors (Lipinski definition) is 3. The number of alkyl halides is 3. The minimum absolute atomic E-state index is 0.157. The van der Waals surface area contributed by atoms with Crippen molar-refractivity contribution in [1.29, 1.82) is 0 Å². The fraction of sp³-hybridized carbons (Fsp3) is 0.316. The Morgan fingerprint density at radius 1 is 1.17 bits per heavy atom. The minimum atomic E-state index is -4.49. The minimum Gasteiger partial charge on any atom is -0.350 e. The molecule has 2 rings (SSSR count). The molecule has 0 spiro atoms. The van der Waals surface area contributed by atoms with Crippen LogP contribution in [0.1, 0.15) is 24.5 Å². The molecule has 5 nitrogen and oxygen atoms in total. The summed E-state index contributed by atoms with van der Waals surface area (Å²) in [5.74, 6) is -0.620. The second kappa shape index (κ2) is 9.04. The third-order valence-electron chi connectivity index (χ3n) is 4.13. The van der Waals surface area contributed by atoms with E-state index in [2.05, 4.69) is 5.32 Å². The molecule has 0 radical (unpaired) electrons. The molecule has 0 aliphatic heterocycles. The first-order chi connectivity index (χ1) is 13.4. The molecule has 0 aromatic heterocycles. The van der Waals surface area contributed by atoms with Crippen molar-refractivity contribution in [1.82, 2.24) is 5.32 Å². The summed E-state index contributed by atoms with van der Waals surface area (Å²) in [6, 6.07) is 9.46. The van der Waals surface area contributed by atoms with E-state index < -0.39 is 33.7 Å². The van der Waals surface area contributed by atoms with Crippen LogP contribution in [-0.4, -0.2) is 26.6 Å². The van der Waals surface area contributed by atoms with Crippen molar-refractivity contribution in [3.8, 4) is 0 Å². The fourth-order valence-corrected chi connectivity index (χ4v) is 4.15. The van der Waals surface area contributed by atoms with E-state index in [0.717, 1.165) is 22.7 Å². The van der Waals surface area contributed by atoms with E-state index in [1.165, 1.54) is 36.4 Å². The predicted molar refractivity (Wildman–Crippen MR) is 106 cm³/mol. The van der Waals surface area contributed by atoms with Crippen molar-refractivity contribution in [2.24, 2.45) is 0 Å². The van der Waals surface area contributed by atoms with Crippen LogP contribution in [0.3, 0.4) is 0 Å². The highest BCUT2D eigenvalue weighted by Crippen LogP contribution is 2.29. The van der Waals surface area contributed by atoms with Crippen molar-refractivity contribution in [3.05, 3.63) is 64.7 Å². The van der Waals surface area contributed by atoms with Crippen LogP contribution in [0, 0.1) is 0 Å². The molecule has 1 amide bonds. The highest BCUT2D eigenvalue weighted by atomic mass is 35.5. The van der Waals surface area contributed by atoms with Crippen LogP contribution < -0.4 is 9.62 Å². The summed E-state index contributed by atoms with van der Waals surface area (Å²) < 4.78 is 64.2. The molecule has 2 aromatic carbocycles. The first kappa shape index (κ1) is 23.0. The topological polar surface area (TPSA) is 66.5 Å². The molecule has 0 saturated carbocycles. The molecular formula is C19H20ClF3N2O3S. The Morgan fingerprint density at radius 2 is 1.79 bits per heavy atom. The Morgan fingerprint density at radius 3 is 2.31 bits per heavy atom. The van der Waals surface area contributed by atoms with Gasteiger partial charge in [-0.2, -0.15) is 13.2 Å². The maximum atomic E-state index is 12.8. The summed E-state index contributed by atoms with van der Waals surface area (Å²) in [5.41, 5.74) is -0.311. The maximum Gasteiger partial charge on any atom is 0.416 e. The molecule has 1 N–H and O–H groups in total. The lowest BCUT2D eigenvalue weighted by Gasteiger charge is -2.30. The lowest BCUT2D eigenvalue weighted by Crippen LogP contribution is -2.49. The van der Waals surface area contributed by atoms with Gasteiger partial charge in [0, 0.05) is 11.6 Å². The summed E-state index contributed by atoms with van der Waals surface area (Å²) in [6.45, 7) is 1.47. The molecule has 1 atom stereocenters. The number of hydrogen-bond donors (Lipinski definition) is 1. The fourth-order valence-electron chi connectivity index (χ4n) is 2.81. The van der Waals surface area contributed by atoms with Gasteiger partial charge in [-0.15, -0.1) is 0 Å². The van der Waals surface area contributed by atoms with Crippen LogP contribution in [0.4, 0.5) is 18.9 Å². The van der Waals surface area contributed by atoms with E-state index in [9.17, 15) is 26.4 Å². The zero-order valence-electron chi connectivity index (χ0n) is 15.7. The Labute approximate surface area is 172 Å². The lowest BCUT2D eigenvalue weighted by atomic mass is 10.1. The third kappa shape index (κ3) is 6.11. The van der Waals surface area contributed by atoms with Gasteiger partial charge in [-0.1, -0.05) is 30.7 Å². The van der Waals surface area contributed by atoms with Gasteiger partial charge in [0.25, 0.3) is 0 Å². The predicted octanol–water partition coefficient (Wildman–Crippen LogP) is 4.22. The summed E-state index contributed by atoms with van der Waals surface area (Å²) in [4.78, 5) is 12.7. The summed E-state index contributed by atoms with van der Waals surface area (Å²) in [7, 11) is -3.82. The number of nitrogens with zero attached hydrogens (tertiary/aromatic N) is 1. The number of benzene rings is 2. The molecule has 0 aliphatic rings. The molecule has 29 heavy (non-hydrogen) atoms. The smallest absolute Gasteiger partial charge is 0.350 e. The van der Waals surface area contributed by atoms with Crippen molar-refractivity contribution < 1.29 is 26.4 Å². The van der Waals surface area contributed by atoms with Crippen LogP contribution in [0.15, 0.2) is 48.5 Å². The van der Waals surface area contributed by atoms with Gasteiger partial charge < -0.3 is 5.32 Å². The zero-order valence-corrected chi connectivity index (χ0v) is 17.3. The SMILES string of the molecule is CCC(C(=O)NCc1cccc(C(F)(F)F)c1)N(c1ccc(Cl)cc1)S(C)(=O)=O. The first-order valence-corrected chi connectivity index (χ1v) is 10.8. The number of nitrogens with one attached hydrogen (secondary N) is 1. The van der Waals surface area contributed by atoms with E-state index in [0.29, 0.717) is 5.02 Å². The van der Waals surface area contributed by atoms with Gasteiger partial charge in [0.15, 0.2) is 0 Å². The molecule has 10 heteroatoms. The van der Waals surface area contributed by atoms with E-state index in [1.807, 2.05) is 0 Å².